The van der Waals surface area contributed by atoms with Gasteiger partial charge in [-0.1, -0.05) is 58.4 Å². The van der Waals surface area contributed by atoms with Crippen molar-refractivity contribution < 1.29 is 38.4 Å². The molecule has 0 radical (unpaired) electrons. The Balaban J connectivity index is 0.941. The number of nitrogens with zero attached hydrogens (tertiary/aromatic N) is 6. The van der Waals surface area contributed by atoms with Crippen LogP contribution in [-0.4, -0.2) is 140 Å². The first kappa shape index (κ1) is 55.9. The van der Waals surface area contributed by atoms with Crippen molar-refractivity contribution in [1.29, 1.82) is 5.26 Å². The van der Waals surface area contributed by atoms with Crippen LogP contribution < -0.4 is 30.3 Å². The maximum Gasteiger partial charge on any atom is 0.246 e. The molecule has 390 valence electrons. The number of amides is 3. The number of hydrogen-bond donors (Lipinski definition) is 4. The number of thiazole rings is 1. The molecular weight excluding hydrogens is 958 g/mol. The Morgan fingerprint density at radius 1 is 1.00 bits per heavy atom. The van der Waals surface area contributed by atoms with Crippen LogP contribution in [0.1, 0.15) is 84.2 Å². The summed E-state index contributed by atoms with van der Waals surface area (Å²) in [6, 6.07) is 15.0. The van der Waals surface area contributed by atoms with E-state index in [0.717, 1.165) is 59.3 Å². The molecule has 0 saturated carbocycles. The van der Waals surface area contributed by atoms with Gasteiger partial charge in [-0.2, -0.15) is 5.26 Å². The number of aliphatic hydroxyl groups is 1. The van der Waals surface area contributed by atoms with E-state index < -0.39 is 47.0 Å². The second-order valence-corrected chi connectivity index (χ2v) is 21.8. The molecule has 2 fully saturated rings. The third-order valence-corrected chi connectivity index (χ3v) is 15.5. The Labute approximate surface area is 433 Å². The van der Waals surface area contributed by atoms with E-state index in [1.54, 1.807) is 37.9 Å². The third kappa shape index (κ3) is 13.6. The monoisotopic (exact) mass is 1030 g/mol. The van der Waals surface area contributed by atoms with Crippen LogP contribution >= 0.6 is 22.9 Å². The molecule has 19 heteroatoms. The normalized spacial score (nSPS) is 18.7. The molecule has 2 aliphatic rings. The summed E-state index contributed by atoms with van der Waals surface area (Å²) < 4.78 is 23.8. The Morgan fingerprint density at radius 3 is 2.35 bits per heavy atom. The predicted octanol–water partition coefficient (Wildman–Crippen LogP) is 6.29. The molecule has 2 unspecified atom stereocenters. The van der Waals surface area contributed by atoms with Crippen molar-refractivity contribution in [3.63, 3.8) is 0 Å². The minimum Gasteiger partial charge on any atom is -0.496 e. The van der Waals surface area contributed by atoms with Crippen LogP contribution in [0.15, 0.2) is 60.2 Å². The summed E-state index contributed by atoms with van der Waals surface area (Å²) in [4.78, 5) is 57.2. The Kier molecular flexibility index (Phi) is 18.7. The van der Waals surface area contributed by atoms with Crippen LogP contribution in [0.25, 0.3) is 10.4 Å². The van der Waals surface area contributed by atoms with Crippen molar-refractivity contribution in [2.75, 3.05) is 71.6 Å². The lowest BCUT2D eigenvalue weighted by Gasteiger charge is -2.42. The lowest BCUT2D eigenvalue weighted by molar-refractivity contribution is -0.144. The summed E-state index contributed by atoms with van der Waals surface area (Å²) in [5.41, 5.74) is 3.80. The zero-order valence-corrected chi connectivity index (χ0v) is 45.1. The number of anilines is 1. The zero-order valence-electron chi connectivity index (χ0n) is 43.5. The largest absolute Gasteiger partial charge is 0.496 e. The Morgan fingerprint density at radius 2 is 1.74 bits per heavy atom. The third-order valence-electron chi connectivity index (χ3n) is 14.2. The molecule has 2 saturated heterocycles. The summed E-state index contributed by atoms with van der Waals surface area (Å²) in [6.45, 7) is 21.8. The van der Waals surface area contributed by atoms with E-state index in [9.17, 15) is 24.8 Å². The summed E-state index contributed by atoms with van der Waals surface area (Å²) >= 11 is 7.80. The number of rotatable bonds is 21. The van der Waals surface area contributed by atoms with Gasteiger partial charge in [0, 0.05) is 94.2 Å². The number of carbonyl (C=O) groups excluding carboxylic acids is 3. The number of aryl methyl sites for hydroxylation is 1. The topological polar surface area (TPSA) is 204 Å². The van der Waals surface area contributed by atoms with E-state index in [0.29, 0.717) is 35.2 Å². The van der Waals surface area contributed by atoms with Crippen LogP contribution in [0.2, 0.25) is 5.02 Å². The standard InChI is InChI=1S/C53H72ClN9O8S/c1-33-47(72-32-58-33)36-12-13-38(44(24-36)68-10)28-57-49(66)43-25-40(64)30-63(43)50(67)48(51(4,5)6)59-46(65)31-70-23-22-61-18-20-62(21-19-61)45-17-15-39(29-56-45)53(9,69-11)60-34(2)52(7,8)35(3)71-41-16-14-37(27-55)42(54)26-41/h12-17,24,26,29,32,34-35,40,43,48,60,64H,18-23,25,28,30-31H2,1-11H3,(H,57,66)(H,59,65)/t34-,35-,40+,43?,48+,53?/m0/s1. The fraction of sp³-hybridized carbons (Fsp3) is 0.547. The van der Waals surface area contributed by atoms with E-state index in [-0.39, 0.29) is 43.7 Å². The number of piperazine rings is 1. The molecule has 2 aromatic heterocycles. The number of nitrogens with one attached hydrogen (secondary N) is 3. The molecular formula is C53H72ClN9O8S. The van der Waals surface area contributed by atoms with E-state index in [4.69, 9.17) is 35.5 Å². The molecule has 6 rings (SSSR count). The van der Waals surface area contributed by atoms with Gasteiger partial charge >= 0.3 is 0 Å². The molecule has 2 aromatic carbocycles. The van der Waals surface area contributed by atoms with Gasteiger partial charge < -0.3 is 44.5 Å². The smallest absolute Gasteiger partial charge is 0.246 e. The van der Waals surface area contributed by atoms with Crippen LogP contribution in [0.5, 0.6) is 11.5 Å². The Bertz CT molecular complexity index is 2540. The van der Waals surface area contributed by atoms with Gasteiger partial charge in [-0.15, -0.1) is 11.3 Å². The number of β-amino-alcohol motifs (C(OH)–C–C–N with tert-alkyl or cyclic N) is 1. The quantitative estimate of drug-likeness (QED) is 0.0536. The first-order chi connectivity index (χ1) is 34.1. The number of methoxy groups -OCH3 is 2. The van der Waals surface area contributed by atoms with E-state index >= 15 is 0 Å². The van der Waals surface area contributed by atoms with Crippen molar-refractivity contribution in [3.05, 3.63) is 87.6 Å². The summed E-state index contributed by atoms with van der Waals surface area (Å²) in [7, 11) is 3.25. The SMILES string of the molecule is COc1cc(-c2scnc2C)ccc1CNC(=O)C1C[C@@H](O)CN1C(=O)[C@@H](NC(=O)COCCN1CCN(c2ccc(C(C)(N[C@@H](C)C(C)(C)[C@H](C)Oc3ccc(C#N)c(Cl)c3)OC)cn2)CC1)C(C)(C)C. The molecule has 0 bridgehead atoms. The van der Waals surface area contributed by atoms with Gasteiger partial charge in [-0.25, -0.2) is 9.97 Å². The van der Waals surface area contributed by atoms with E-state index in [1.807, 2.05) is 78.1 Å². The average Bonchev–Trinajstić information content (AvgIpc) is 3.98. The van der Waals surface area contributed by atoms with Crippen molar-refractivity contribution in [2.24, 2.45) is 10.8 Å². The van der Waals surface area contributed by atoms with Gasteiger partial charge in [0.2, 0.25) is 17.7 Å². The number of carbonyl (C=O) groups is 3. The average molecular weight is 1030 g/mol. The number of nitriles is 1. The minimum atomic E-state index is -0.972. The number of likely N-dealkylation sites (tertiary alicyclic amines) is 1. The summed E-state index contributed by atoms with van der Waals surface area (Å²) in [5, 5.41) is 29.8. The van der Waals surface area contributed by atoms with Crippen LogP contribution in [0, 0.1) is 29.1 Å². The lowest BCUT2D eigenvalue weighted by atomic mass is 9.79. The van der Waals surface area contributed by atoms with Crippen molar-refractivity contribution in [3.8, 4) is 28.0 Å². The molecule has 2 aliphatic heterocycles. The highest BCUT2D eigenvalue weighted by Gasteiger charge is 2.45. The fourth-order valence-electron chi connectivity index (χ4n) is 8.88. The maximum atomic E-state index is 14.2. The maximum absolute atomic E-state index is 14.2. The second-order valence-electron chi connectivity index (χ2n) is 20.5. The van der Waals surface area contributed by atoms with Crippen LogP contribution in [-0.2, 0) is 36.1 Å². The van der Waals surface area contributed by atoms with Crippen molar-refractivity contribution in [2.45, 2.75) is 111 Å². The molecule has 4 aromatic rings. The molecule has 3 amide bonds. The first-order valence-electron chi connectivity index (χ1n) is 24.4. The lowest BCUT2D eigenvalue weighted by Crippen LogP contribution is -2.58. The van der Waals surface area contributed by atoms with Crippen molar-refractivity contribution >= 4 is 46.5 Å². The molecule has 72 heavy (non-hydrogen) atoms. The van der Waals surface area contributed by atoms with Gasteiger partial charge in [0.25, 0.3) is 0 Å². The number of aromatic nitrogens is 2. The molecule has 17 nitrogen and oxygen atoms in total. The number of ether oxygens (including phenoxy) is 4. The highest BCUT2D eigenvalue weighted by molar-refractivity contribution is 7.13. The highest BCUT2D eigenvalue weighted by Crippen LogP contribution is 2.35. The Hall–Kier alpha value is -5.39. The number of aliphatic hydroxyl groups excluding tert-OH is 1. The summed E-state index contributed by atoms with van der Waals surface area (Å²) in [5.74, 6) is 0.772. The van der Waals surface area contributed by atoms with Gasteiger partial charge in [0.1, 0.15) is 53.9 Å². The molecule has 4 N–H and O–H groups in total. The number of benzene rings is 2. The summed E-state index contributed by atoms with van der Waals surface area (Å²) in [6.07, 6.45) is 0.808. The molecule has 0 spiro atoms. The minimum absolute atomic E-state index is 0.0309. The van der Waals surface area contributed by atoms with Crippen LogP contribution in [0.3, 0.4) is 0 Å². The number of pyridine rings is 1. The van der Waals surface area contributed by atoms with Crippen molar-refractivity contribution in [1.82, 2.24) is 35.7 Å². The molecule has 4 heterocycles. The van der Waals surface area contributed by atoms with Gasteiger partial charge in [0.05, 0.1) is 46.5 Å². The second kappa shape index (κ2) is 24.1. The fourth-order valence-corrected chi connectivity index (χ4v) is 9.89. The number of hydrogen-bond acceptors (Lipinski definition) is 15. The predicted molar refractivity (Wildman–Crippen MR) is 279 cm³/mol. The van der Waals surface area contributed by atoms with Gasteiger partial charge in [-0.05, 0) is 69.0 Å². The van der Waals surface area contributed by atoms with Crippen LogP contribution in [0.4, 0.5) is 5.82 Å². The molecule has 6 atom stereocenters. The van der Waals surface area contributed by atoms with Gasteiger partial charge in [-0.3, -0.25) is 24.6 Å². The first-order valence-corrected chi connectivity index (χ1v) is 25.7. The zero-order chi connectivity index (χ0) is 52.5. The van der Waals surface area contributed by atoms with Gasteiger partial charge in [0.15, 0.2) is 0 Å². The van der Waals surface area contributed by atoms with E-state index in [1.165, 1.54) is 16.2 Å². The molecule has 0 aliphatic carbocycles. The highest BCUT2D eigenvalue weighted by atomic mass is 35.5. The number of halogens is 1. The van der Waals surface area contributed by atoms with E-state index in [2.05, 4.69) is 57.6 Å².